The predicted octanol–water partition coefficient (Wildman–Crippen LogP) is 6.53. The fourth-order valence-electron chi connectivity index (χ4n) is 3.80. The number of aromatic nitrogens is 2. The van der Waals surface area contributed by atoms with Crippen molar-refractivity contribution >= 4 is 45.2 Å². The van der Waals surface area contributed by atoms with Gasteiger partial charge >= 0.3 is 0 Å². The maximum absolute atomic E-state index is 13.7. The molecular weight excluding hydrogens is 441 g/mol. The predicted molar refractivity (Wildman–Crippen MR) is 138 cm³/mol. The molecule has 5 aromatic rings. The third kappa shape index (κ3) is 4.94. The average Bonchev–Trinajstić information content (AvgIpc) is 2.90. The minimum Gasteiger partial charge on any atom is -0.355 e. The van der Waals surface area contributed by atoms with Crippen molar-refractivity contribution in [3.05, 3.63) is 115 Å². The number of amides is 1. The van der Waals surface area contributed by atoms with Gasteiger partial charge in [-0.3, -0.25) is 14.8 Å². The van der Waals surface area contributed by atoms with E-state index in [-0.39, 0.29) is 11.7 Å². The van der Waals surface area contributed by atoms with Gasteiger partial charge < -0.3 is 15.5 Å². The van der Waals surface area contributed by atoms with Crippen LogP contribution in [0.5, 0.6) is 0 Å². The van der Waals surface area contributed by atoms with Crippen LogP contribution in [0.1, 0.15) is 10.4 Å². The van der Waals surface area contributed by atoms with Gasteiger partial charge in [-0.15, -0.1) is 0 Å². The topological polar surface area (TPSA) is 70.2 Å². The van der Waals surface area contributed by atoms with Gasteiger partial charge in [0, 0.05) is 65.0 Å². The van der Waals surface area contributed by atoms with Gasteiger partial charge in [-0.05, 0) is 78.9 Å². The van der Waals surface area contributed by atoms with Crippen LogP contribution in [0.15, 0.2) is 104 Å². The van der Waals surface area contributed by atoms with E-state index in [0.29, 0.717) is 22.2 Å². The average molecular weight is 464 g/mol. The number of benzene rings is 3. The van der Waals surface area contributed by atoms with E-state index in [1.54, 1.807) is 36.8 Å². The van der Waals surface area contributed by atoms with E-state index in [1.807, 2.05) is 66.5 Å². The van der Waals surface area contributed by atoms with Crippen molar-refractivity contribution in [3.63, 3.8) is 0 Å². The highest BCUT2D eigenvalue weighted by atomic mass is 19.1. The molecule has 5 rings (SSSR count). The third-order valence-corrected chi connectivity index (χ3v) is 5.67. The summed E-state index contributed by atoms with van der Waals surface area (Å²) in [6.45, 7) is 0. The molecule has 0 unspecified atom stereocenters. The van der Waals surface area contributed by atoms with Gasteiger partial charge in [0.1, 0.15) is 5.82 Å². The molecule has 6 nitrogen and oxygen atoms in total. The minimum atomic E-state index is -0.317. The fourth-order valence-corrected chi connectivity index (χ4v) is 3.80. The zero-order chi connectivity index (χ0) is 24.2. The summed E-state index contributed by atoms with van der Waals surface area (Å²) < 4.78 is 13.7. The lowest BCUT2D eigenvalue weighted by Crippen LogP contribution is -2.14. The first kappa shape index (κ1) is 22.0. The number of carbonyl (C=O) groups excluding carboxylic acids is 1. The summed E-state index contributed by atoms with van der Waals surface area (Å²) >= 11 is 0. The van der Waals surface area contributed by atoms with E-state index in [9.17, 15) is 9.18 Å². The Bertz CT molecular complexity index is 1490. The molecule has 0 atom stereocenters. The smallest absolute Gasteiger partial charge is 0.255 e. The summed E-state index contributed by atoms with van der Waals surface area (Å²) in [6, 6.07) is 24.9. The van der Waals surface area contributed by atoms with Crippen LogP contribution in [-0.4, -0.2) is 22.9 Å². The molecule has 0 bridgehead atoms. The number of anilines is 5. The van der Waals surface area contributed by atoms with E-state index in [0.717, 1.165) is 22.7 Å². The summed E-state index contributed by atoms with van der Waals surface area (Å²) in [5.74, 6) is -0.519. The number of halogens is 1. The molecule has 2 aromatic heterocycles. The number of carbonyl (C=O) groups is 1. The Morgan fingerprint density at radius 3 is 2.40 bits per heavy atom. The van der Waals surface area contributed by atoms with Crippen LogP contribution in [0.3, 0.4) is 0 Å². The largest absolute Gasteiger partial charge is 0.355 e. The Morgan fingerprint density at radius 2 is 1.60 bits per heavy atom. The van der Waals surface area contributed by atoms with E-state index in [4.69, 9.17) is 0 Å². The van der Waals surface area contributed by atoms with E-state index in [1.165, 1.54) is 12.1 Å². The molecule has 1 amide bonds. The Labute approximate surface area is 202 Å². The second kappa shape index (κ2) is 9.61. The van der Waals surface area contributed by atoms with Gasteiger partial charge in [-0.25, -0.2) is 4.39 Å². The zero-order valence-corrected chi connectivity index (χ0v) is 18.9. The maximum Gasteiger partial charge on any atom is 0.255 e. The molecule has 0 aliphatic heterocycles. The SMILES string of the molecule is CN(c1ccncc1)c1cccc(C(=O)Nc2ccc(Nc3ccnc4ccc(F)cc34)cc2)c1. The number of rotatable bonds is 6. The highest BCUT2D eigenvalue weighted by Crippen LogP contribution is 2.27. The van der Waals surface area contributed by atoms with Gasteiger partial charge in [-0.2, -0.15) is 0 Å². The Balaban J connectivity index is 1.29. The van der Waals surface area contributed by atoms with Gasteiger partial charge in [-0.1, -0.05) is 6.07 Å². The lowest BCUT2D eigenvalue weighted by molar-refractivity contribution is 0.102. The van der Waals surface area contributed by atoms with Crippen molar-refractivity contribution in [2.45, 2.75) is 0 Å². The first-order valence-electron chi connectivity index (χ1n) is 11.0. The van der Waals surface area contributed by atoms with E-state index < -0.39 is 0 Å². The molecule has 0 radical (unpaired) electrons. The van der Waals surface area contributed by atoms with Crippen LogP contribution in [0.4, 0.5) is 32.8 Å². The van der Waals surface area contributed by atoms with Crippen LogP contribution >= 0.6 is 0 Å². The van der Waals surface area contributed by atoms with Crippen molar-refractivity contribution in [1.82, 2.24) is 9.97 Å². The highest BCUT2D eigenvalue weighted by Gasteiger charge is 2.10. The minimum absolute atomic E-state index is 0.203. The Hall–Kier alpha value is -4.78. The molecule has 172 valence electrons. The van der Waals surface area contributed by atoms with Gasteiger partial charge in [0.15, 0.2) is 0 Å². The van der Waals surface area contributed by atoms with Crippen molar-refractivity contribution in [1.29, 1.82) is 0 Å². The molecule has 35 heavy (non-hydrogen) atoms. The number of pyridine rings is 2. The van der Waals surface area contributed by atoms with Crippen LogP contribution in [0.25, 0.3) is 10.9 Å². The summed E-state index contributed by atoms with van der Waals surface area (Å²) in [5.41, 5.74) is 5.35. The monoisotopic (exact) mass is 463 g/mol. The van der Waals surface area contributed by atoms with Crippen LogP contribution in [0.2, 0.25) is 0 Å². The molecule has 0 saturated heterocycles. The third-order valence-electron chi connectivity index (χ3n) is 5.67. The fraction of sp³-hybridized carbons (Fsp3) is 0.0357. The second-order valence-electron chi connectivity index (χ2n) is 7.99. The number of nitrogens with zero attached hydrogens (tertiary/aromatic N) is 3. The molecule has 0 aliphatic rings. The number of hydrogen-bond acceptors (Lipinski definition) is 5. The van der Waals surface area contributed by atoms with Crippen molar-refractivity contribution in [2.24, 2.45) is 0 Å². The second-order valence-corrected chi connectivity index (χ2v) is 7.99. The van der Waals surface area contributed by atoms with Crippen LogP contribution in [0, 0.1) is 5.82 Å². The summed E-state index contributed by atoms with van der Waals surface area (Å²) in [5, 5.41) is 6.93. The van der Waals surface area contributed by atoms with Gasteiger partial charge in [0.25, 0.3) is 5.91 Å². The van der Waals surface area contributed by atoms with Crippen molar-refractivity contribution in [3.8, 4) is 0 Å². The molecular formula is C28H22FN5O. The summed E-state index contributed by atoms with van der Waals surface area (Å²) in [4.78, 5) is 23.2. The van der Waals surface area contributed by atoms with Gasteiger partial charge in [0.05, 0.1) is 5.52 Å². The maximum atomic E-state index is 13.7. The molecule has 7 heteroatoms. The normalized spacial score (nSPS) is 10.7. The number of fused-ring (bicyclic) bond motifs is 1. The summed E-state index contributed by atoms with van der Waals surface area (Å²) in [7, 11) is 1.94. The molecule has 0 saturated carbocycles. The molecule has 0 fully saturated rings. The van der Waals surface area contributed by atoms with Crippen molar-refractivity contribution in [2.75, 3.05) is 22.6 Å². The Morgan fingerprint density at radius 1 is 0.829 bits per heavy atom. The lowest BCUT2D eigenvalue weighted by Gasteiger charge is -2.19. The molecule has 0 aliphatic carbocycles. The van der Waals surface area contributed by atoms with Gasteiger partial charge in [0.2, 0.25) is 0 Å². The standard InChI is InChI=1S/C28H22FN5O/c1-34(23-11-14-30-15-12-23)24-4-2-3-19(17-24)28(35)33-22-8-6-21(7-9-22)32-27-13-16-31-26-10-5-20(29)18-25(26)27/h2-18H,1H3,(H,31,32)(H,33,35). The number of nitrogens with one attached hydrogen (secondary N) is 2. The quantitative estimate of drug-likeness (QED) is 0.299. The molecule has 2 heterocycles. The summed E-state index contributed by atoms with van der Waals surface area (Å²) in [6.07, 6.45) is 5.14. The lowest BCUT2D eigenvalue weighted by atomic mass is 10.1. The van der Waals surface area contributed by atoms with Crippen molar-refractivity contribution < 1.29 is 9.18 Å². The highest BCUT2D eigenvalue weighted by molar-refractivity contribution is 6.05. The molecule has 2 N–H and O–H groups in total. The molecule has 3 aromatic carbocycles. The van der Waals surface area contributed by atoms with E-state index >= 15 is 0 Å². The number of hydrogen-bond donors (Lipinski definition) is 2. The zero-order valence-electron chi connectivity index (χ0n) is 18.9. The Kier molecular flexibility index (Phi) is 6.05. The van der Waals surface area contributed by atoms with Crippen LogP contribution in [-0.2, 0) is 0 Å². The first-order valence-corrected chi connectivity index (χ1v) is 11.0. The van der Waals surface area contributed by atoms with E-state index in [2.05, 4.69) is 20.6 Å². The molecule has 0 spiro atoms. The van der Waals surface area contributed by atoms with Crippen LogP contribution < -0.4 is 15.5 Å². The first-order chi connectivity index (χ1) is 17.1.